The lowest BCUT2D eigenvalue weighted by Gasteiger charge is -2.18. The van der Waals surface area contributed by atoms with Crippen molar-refractivity contribution < 1.29 is 13.5 Å². The van der Waals surface area contributed by atoms with Crippen LogP contribution >= 0.6 is 15.9 Å². The molecular weight excluding hydrogens is 354 g/mol. The Morgan fingerprint density at radius 2 is 1.90 bits per heavy atom. The van der Waals surface area contributed by atoms with Gasteiger partial charge in [0.05, 0.1) is 17.0 Å². The summed E-state index contributed by atoms with van der Waals surface area (Å²) in [6.45, 7) is 0. The number of fused-ring (bicyclic) bond motifs is 1. The van der Waals surface area contributed by atoms with Crippen LogP contribution in [0.1, 0.15) is 17.2 Å². The molecule has 0 bridgehead atoms. The summed E-state index contributed by atoms with van der Waals surface area (Å²) in [4.78, 5) is 0.174. The Hall–Kier alpha value is -1.21. The molecule has 0 saturated heterocycles. The van der Waals surface area contributed by atoms with Gasteiger partial charge in [-0.05, 0) is 29.3 Å². The fraction of sp³-hybridized carbons (Fsp3) is 0.200. The van der Waals surface area contributed by atoms with Gasteiger partial charge in [-0.2, -0.15) is 0 Å². The van der Waals surface area contributed by atoms with E-state index in [-0.39, 0.29) is 4.90 Å². The van der Waals surface area contributed by atoms with Crippen molar-refractivity contribution in [3.05, 3.63) is 64.1 Å². The van der Waals surface area contributed by atoms with E-state index in [1.807, 2.05) is 24.3 Å². The van der Waals surface area contributed by atoms with E-state index < -0.39 is 22.2 Å². The Bertz CT molecular complexity index is 776. The largest absolute Gasteiger partial charge is 0.391 e. The van der Waals surface area contributed by atoms with Crippen LogP contribution in [0.15, 0.2) is 57.9 Å². The molecule has 2 atom stereocenters. The molecule has 21 heavy (non-hydrogen) atoms. The molecule has 0 spiro atoms. The first kappa shape index (κ1) is 14.7. The quantitative estimate of drug-likeness (QED) is 0.874. The van der Waals surface area contributed by atoms with Crippen molar-refractivity contribution in [2.24, 2.45) is 0 Å². The molecule has 2 N–H and O–H groups in total. The van der Waals surface area contributed by atoms with E-state index in [4.69, 9.17) is 0 Å². The third-order valence-electron chi connectivity index (χ3n) is 3.59. The third kappa shape index (κ3) is 2.89. The predicted octanol–water partition coefficient (Wildman–Crippen LogP) is 2.39. The van der Waals surface area contributed by atoms with Gasteiger partial charge in [-0.25, -0.2) is 13.1 Å². The zero-order chi connectivity index (χ0) is 15.0. The van der Waals surface area contributed by atoms with Crippen molar-refractivity contribution in [1.29, 1.82) is 0 Å². The van der Waals surface area contributed by atoms with Crippen molar-refractivity contribution in [2.45, 2.75) is 23.5 Å². The molecule has 110 valence electrons. The number of rotatable bonds is 3. The highest BCUT2D eigenvalue weighted by molar-refractivity contribution is 9.10. The Labute approximate surface area is 132 Å². The topological polar surface area (TPSA) is 66.4 Å². The maximum Gasteiger partial charge on any atom is 0.241 e. The average Bonchev–Trinajstić information content (AvgIpc) is 2.75. The summed E-state index contributed by atoms with van der Waals surface area (Å²) in [5, 5.41) is 10.1. The summed E-state index contributed by atoms with van der Waals surface area (Å²) in [6, 6.07) is 13.4. The summed E-state index contributed by atoms with van der Waals surface area (Å²) >= 11 is 3.26. The van der Waals surface area contributed by atoms with E-state index in [0.29, 0.717) is 10.9 Å². The van der Waals surface area contributed by atoms with Crippen LogP contribution in [0.5, 0.6) is 0 Å². The molecule has 0 unspecified atom stereocenters. The minimum Gasteiger partial charge on any atom is -0.391 e. The van der Waals surface area contributed by atoms with E-state index in [2.05, 4.69) is 20.7 Å². The maximum absolute atomic E-state index is 12.5. The number of sulfonamides is 1. The number of aliphatic hydroxyl groups is 1. The average molecular weight is 368 g/mol. The molecule has 4 nitrogen and oxygen atoms in total. The van der Waals surface area contributed by atoms with Crippen molar-refractivity contribution in [3.8, 4) is 0 Å². The van der Waals surface area contributed by atoms with Crippen LogP contribution < -0.4 is 4.72 Å². The number of benzene rings is 2. The van der Waals surface area contributed by atoms with E-state index in [1.165, 1.54) is 12.1 Å². The molecule has 2 aromatic carbocycles. The number of aliphatic hydroxyl groups excluding tert-OH is 1. The summed E-state index contributed by atoms with van der Waals surface area (Å²) in [6.07, 6.45) is -0.286. The SMILES string of the molecule is O=S(=O)(N[C@@H]1c2ccccc2C[C@@H]1O)c1cccc(Br)c1. The lowest BCUT2D eigenvalue weighted by molar-refractivity contribution is 0.151. The van der Waals surface area contributed by atoms with Gasteiger partial charge in [0.15, 0.2) is 0 Å². The van der Waals surface area contributed by atoms with Crippen LogP contribution in [-0.2, 0) is 16.4 Å². The summed E-state index contributed by atoms with van der Waals surface area (Å²) in [5.41, 5.74) is 1.82. The smallest absolute Gasteiger partial charge is 0.241 e. The fourth-order valence-corrected chi connectivity index (χ4v) is 4.43. The molecular formula is C15H14BrNO3S. The van der Waals surface area contributed by atoms with Crippen LogP contribution in [-0.4, -0.2) is 19.6 Å². The molecule has 1 aliphatic rings. The first-order valence-electron chi connectivity index (χ1n) is 6.51. The van der Waals surface area contributed by atoms with Gasteiger partial charge in [0.1, 0.15) is 0 Å². The van der Waals surface area contributed by atoms with Gasteiger partial charge in [-0.1, -0.05) is 46.3 Å². The molecule has 0 aliphatic heterocycles. The Kier molecular flexibility index (Phi) is 3.88. The zero-order valence-corrected chi connectivity index (χ0v) is 13.4. The second-order valence-electron chi connectivity index (χ2n) is 5.03. The molecule has 1 aliphatic carbocycles. The minimum absolute atomic E-state index is 0.174. The van der Waals surface area contributed by atoms with Gasteiger partial charge in [0, 0.05) is 10.9 Å². The Morgan fingerprint density at radius 3 is 2.67 bits per heavy atom. The second kappa shape index (κ2) is 5.53. The van der Waals surface area contributed by atoms with Gasteiger partial charge in [-0.15, -0.1) is 0 Å². The van der Waals surface area contributed by atoms with Crippen LogP contribution in [0.4, 0.5) is 0 Å². The van der Waals surface area contributed by atoms with Crippen molar-refractivity contribution >= 4 is 26.0 Å². The van der Waals surface area contributed by atoms with Gasteiger partial charge < -0.3 is 5.11 Å². The summed E-state index contributed by atoms with van der Waals surface area (Å²) in [7, 11) is -3.68. The van der Waals surface area contributed by atoms with Crippen molar-refractivity contribution in [2.75, 3.05) is 0 Å². The second-order valence-corrected chi connectivity index (χ2v) is 7.66. The van der Waals surface area contributed by atoms with Gasteiger partial charge in [0.2, 0.25) is 10.0 Å². The van der Waals surface area contributed by atoms with Gasteiger partial charge in [-0.3, -0.25) is 0 Å². The standard InChI is InChI=1S/C15H14BrNO3S/c16-11-5-3-6-12(9-11)21(19,20)17-15-13-7-2-1-4-10(13)8-14(15)18/h1-7,9,14-15,17-18H,8H2/t14-,15+/m0/s1. The lowest BCUT2D eigenvalue weighted by atomic mass is 10.1. The molecule has 0 fully saturated rings. The Morgan fingerprint density at radius 1 is 1.14 bits per heavy atom. The van der Waals surface area contributed by atoms with Crippen LogP contribution in [0.25, 0.3) is 0 Å². The lowest BCUT2D eigenvalue weighted by Crippen LogP contribution is -2.33. The molecule has 0 amide bonds. The summed E-state index contributed by atoms with van der Waals surface area (Å²) < 4.78 is 28.2. The van der Waals surface area contributed by atoms with E-state index in [1.54, 1.807) is 12.1 Å². The highest BCUT2D eigenvalue weighted by atomic mass is 79.9. The number of hydrogen-bond acceptors (Lipinski definition) is 3. The number of hydrogen-bond donors (Lipinski definition) is 2. The third-order valence-corrected chi connectivity index (χ3v) is 5.52. The first-order chi connectivity index (χ1) is 9.97. The summed E-state index contributed by atoms with van der Waals surface area (Å²) in [5.74, 6) is 0. The minimum atomic E-state index is -3.68. The molecule has 2 aromatic rings. The first-order valence-corrected chi connectivity index (χ1v) is 8.79. The number of nitrogens with one attached hydrogen (secondary N) is 1. The van der Waals surface area contributed by atoms with Crippen LogP contribution in [0.2, 0.25) is 0 Å². The fourth-order valence-electron chi connectivity index (χ4n) is 2.59. The van der Waals surface area contributed by atoms with E-state index in [9.17, 15) is 13.5 Å². The monoisotopic (exact) mass is 367 g/mol. The zero-order valence-electron chi connectivity index (χ0n) is 11.0. The highest BCUT2D eigenvalue weighted by Crippen LogP contribution is 2.32. The molecule has 0 heterocycles. The van der Waals surface area contributed by atoms with Crippen molar-refractivity contribution in [1.82, 2.24) is 4.72 Å². The highest BCUT2D eigenvalue weighted by Gasteiger charge is 2.34. The molecule has 0 radical (unpaired) electrons. The molecule has 6 heteroatoms. The van der Waals surface area contributed by atoms with Crippen molar-refractivity contribution in [3.63, 3.8) is 0 Å². The van der Waals surface area contributed by atoms with Gasteiger partial charge in [0.25, 0.3) is 0 Å². The number of halogens is 1. The molecule has 0 saturated carbocycles. The maximum atomic E-state index is 12.5. The predicted molar refractivity (Wildman–Crippen MR) is 83.4 cm³/mol. The van der Waals surface area contributed by atoms with Gasteiger partial charge >= 0.3 is 0 Å². The van der Waals surface area contributed by atoms with E-state index in [0.717, 1.165) is 11.1 Å². The molecule has 3 rings (SSSR count). The molecule has 0 aromatic heterocycles. The Balaban J connectivity index is 1.93. The normalized spacial score (nSPS) is 21.2. The van der Waals surface area contributed by atoms with Crippen LogP contribution in [0, 0.1) is 0 Å². The van der Waals surface area contributed by atoms with E-state index >= 15 is 0 Å². The van der Waals surface area contributed by atoms with Crippen LogP contribution in [0.3, 0.4) is 0 Å².